The summed E-state index contributed by atoms with van der Waals surface area (Å²) < 4.78 is 55.1. The van der Waals surface area contributed by atoms with E-state index in [4.69, 9.17) is 14.2 Å². The molecule has 0 saturated carbocycles. The Hall–Kier alpha value is -2.28. The van der Waals surface area contributed by atoms with Gasteiger partial charge in [-0.1, -0.05) is 18.2 Å². The molecule has 36 heavy (non-hydrogen) atoms. The second-order valence-electron chi connectivity index (χ2n) is 8.28. The van der Waals surface area contributed by atoms with Crippen LogP contribution >= 0.6 is 12.4 Å². The van der Waals surface area contributed by atoms with E-state index in [1.54, 1.807) is 30.8 Å². The standard InChI is InChI=1S/C24H31FN2O7S.ClH/c1-32-14-13-27-11-9-24(10-12-27,23(28)26-29)35(30,31)20-6-3-18(4-7-20)19-5-8-22(21(25)17-19)34-16-15-33-2;/h3-8,17,29H,9-16H2,1-2H3,(H,26,28);1H. The summed E-state index contributed by atoms with van der Waals surface area (Å²) in [5.74, 6) is -1.40. The molecule has 0 aromatic heterocycles. The lowest BCUT2D eigenvalue weighted by atomic mass is 9.95. The SMILES string of the molecule is COCCOc1ccc(-c2ccc(S(=O)(=O)C3(C(=O)NO)CCN(CCOC)CC3)cc2)cc1F.Cl. The number of carbonyl (C=O) groups is 1. The number of rotatable bonds is 11. The van der Waals surface area contributed by atoms with Crippen LogP contribution in [0.5, 0.6) is 5.75 Å². The largest absolute Gasteiger partial charge is 0.488 e. The van der Waals surface area contributed by atoms with Crippen LogP contribution in [0.25, 0.3) is 11.1 Å². The van der Waals surface area contributed by atoms with E-state index in [-0.39, 0.29) is 42.5 Å². The molecule has 1 aliphatic heterocycles. The molecule has 1 fully saturated rings. The molecular weight excluding hydrogens is 515 g/mol. The number of sulfone groups is 1. The van der Waals surface area contributed by atoms with Gasteiger partial charge >= 0.3 is 0 Å². The molecule has 2 N–H and O–H groups in total. The van der Waals surface area contributed by atoms with Crippen LogP contribution in [0.3, 0.4) is 0 Å². The van der Waals surface area contributed by atoms with Gasteiger partial charge in [-0.25, -0.2) is 18.3 Å². The smallest absolute Gasteiger partial charge is 0.265 e. The summed E-state index contributed by atoms with van der Waals surface area (Å²) in [5.41, 5.74) is 2.69. The molecule has 0 spiro atoms. The van der Waals surface area contributed by atoms with Crippen molar-refractivity contribution in [3.05, 3.63) is 48.3 Å². The number of hydrogen-bond acceptors (Lipinski definition) is 8. The molecule has 1 saturated heterocycles. The maximum atomic E-state index is 14.4. The van der Waals surface area contributed by atoms with Gasteiger partial charge in [0.25, 0.3) is 5.91 Å². The summed E-state index contributed by atoms with van der Waals surface area (Å²) in [6, 6.07) is 10.4. The van der Waals surface area contributed by atoms with Crippen molar-refractivity contribution in [2.45, 2.75) is 22.5 Å². The van der Waals surface area contributed by atoms with Crippen molar-refractivity contribution in [3.8, 4) is 16.9 Å². The highest BCUT2D eigenvalue weighted by molar-refractivity contribution is 7.93. The van der Waals surface area contributed by atoms with E-state index < -0.39 is 26.3 Å². The molecule has 2 aromatic rings. The van der Waals surface area contributed by atoms with Gasteiger partial charge in [0.1, 0.15) is 6.61 Å². The maximum absolute atomic E-state index is 14.4. The number of ether oxygens (including phenoxy) is 3. The third-order valence-electron chi connectivity index (χ3n) is 6.28. The van der Waals surface area contributed by atoms with Crippen LogP contribution in [0.4, 0.5) is 4.39 Å². The summed E-state index contributed by atoms with van der Waals surface area (Å²) in [5, 5.41) is 9.33. The molecule has 0 radical (unpaired) electrons. The lowest BCUT2D eigenvalue weighted by Crippen LogP contribution is -2.58. The van der Waals surface area contributed by atoms with Crippen molar-refractivity contribution >= 4 is 28.2 Å². The van der Waals surface area contributed by atoms with Gasteiger partial charge in [0, 0.05) is 33.9 Å². The number of amides is 1. The molecule has 0 unspecified atom stereocenters. The highest BCUT2D eigenvalue weighted by Gasteiger charge is 2.52. The van der Waals surface area contributed by atoms with Crippen molar-refractivity contribution in [2.24, 2.45) is 0 Å². The van der Waals surface area contributed by atoms with Crippen LogP contribution in [-0.2, 0) is 24.1 Å². The molecule has 1 heterocycles. The highest BCUT2D eigenvalue weighted by atomic mass is 35.5. The van der Waals surface area contributed by atoms with Gasteiger partial charge in [-0.2, -0.15) is 0 Å². The number of methoxy groups -OCH3 is 2. The number of hydroxylamine groups is 1. The normalized spacial score (nSPS) is 15.7. The highest BCUT2D eigenvalue weighted by Crippen LogP contribution is 2.37. The molecule has 12 heteroatoms. The van der Waals surface area contributed by atoms with Crippen molar-refractivity contribution in [2.75, 3.05) is 53.7 Å². The van der Waals surface area contributed by atoms with Gasteiger partial charge in [0.05, 0.1) is 18.1 Å². The van der Waals surface area contributed by atoms with Crippen molar-refractivity contribution in [1.82, 2.24) is 10.4 Å². The quantitative estimate of drug-likeness (QED) is 0.251. The zero-order valence-corrected chi connectivity index (χ0v) is 21.9. The number of nitrogens with zero attached hydrogens (tertiary/aromatic N) is 1. The first-order valence-electron chi connectivity index (χ1n) is 11.2. The number of halogens is 2. The fraction of sp³-hybridized carbons (Fsp3) is 0.458. The Bertz CT molecular complexity index is 1110. The van der Waals surface area contributed by atoms with Gasteiger partial charge in [0.2, 0.25) is 0 Å². The summed E-state index contributed by atoms with van der Waals surface area (Å²) >= 11 is 0. The summed E-state index contributed by atoms with van der Waals surface area (Å²) in [6.45, 7) is 2.40. The summed E-state index contributed by atoms with van der Waals surface area (Å²) in [6.07, 6.45) is 0.0614. The molecule has 3 rings (SSSR count). The van der Waals surface area contributed by atoms with E-state index in [1.165, 1.54) is 31.4 Å². The summed E-state index contributed by atoms with van der Waals surface area (Å²) in [7, 11) is -1.03. The summed E-state index contributed by atoms with van der Waals surface area (Å²) in [4.78, 5) is 14.6. The third kappa shape index (κ3) is 6.34. The molecule has 0 aliphatic carbocycles. The predicted octanol–water partition coefficient (Wildman–Crippen LogP) is 2.70. The topological polar surface area (TPSA) is 114 Å². The number of benzene rings is 2. The fourth-order valence-electron chi connectivity index (χ4n) is 4.16. The number of hydrogen-bond donors (Lipinski definition) is 2. The Balaban J connectivity index is 0.00000456. The van der Waals surface area contributed by atoms with Gasteiger partial charge in [-0.3, -0.25) is 10.0 Å². The van der Waals surface area contributed by atoms with Crippen LogP contribution in [0, 0.1) is 5.82 Å². The molecule has 1 aliphatic rings. The van der Waals surface area contributed by atoms with Crippen LogP contribution in [0.1, 0.15) is 12.8 Å². The lowest BCUT2D eigenvalue weighted by molar-refractivity contribution is -0.133. The van der Waals surface area contributed by atoms with E-state index in [9.17, 15) is 22.8 Å². The average Bonchev–Trinajstić information content (AvgIpc) is 2.88. The number of nitrogens with one attached hydrogen (secondary N) is 1. The minimum Gasteiger partial charge on any atom is -0.488 e. The molecule has 2 aromatic carbocycles. The molecule has 1 amide bonds. The monoisotopic (exact) mass is 546 g/mol. The Labute approximate surface area is 216 Å². The van der Waals surface area contributed by atoms with Crippen LogP contribution in [0.2, 0.25) is 0 Å². The van der Waals surface area contributed by atoms with Gasteiger partial charge in [0.15, 0.2) is 26.2 Å². The molecule has 0 atom stereocenters. The Kier molecular flexibility index (Phi) is 11.1. The second kappa shape index (κ2) is 13.3. The second-order valence-corrected chi connectivity index (χ2v) is 10.5. The molecule has 0 bridgehead atoms. The maximum Gasteiger partial charge on any atom is 0.265 e. The molecular formula is C24H32ClFN2O7S. The third-order valence-corrected chi connectivity index (χ3v) is 8.80. The van der Waals surface area contributed by atoms with Crippen LogP contribution < -0.4 is 10.2 Å². The minimum atomic E-state index is -4.14. The molecule has 200 valence electrons. The van der Waals surface area contributed by atoms with Crippen molar-refractivity contribution in [1.29, 1.82) is 0 Å². The average molecular weight is 547 g/mol. The first-order chi connectivity index (χ1) is 16.8. The number of carbonyl (C=O) groups excluding carboxylic acids is 1. The zero-order chi connectivity index (χ0) is 25.5. The molecule has 9 nitrogen and oxygen atoms in total. The minimum absolute atomic E-state index is 0. The van der Waals surface area contributed by atoms with Gasteiger partial charge in [-0.15, -0.1) is 12.4 Å². The van der Waals surface area contributed by atoms with E-state index in [1.807, 2.05) is 4.90 Å². The van der Waals surface area contributed by atoms with E-state index in [0.29, 0.717) is 44.0 Å². The van der Waals surface area contributed by atoms with Gasteiger partial charge in [-0.05, 0) is 48.2 Å². The van der Waals surface area contributed by atoms with Crippen LogP contribution in [-0.4, -0.2) is 82.9 Å². The van der Waals surface area contributed by atoms with E-state index in [0.717, 1.165) is 0 Å². The van der Waals surface area contributed by atoms with E-state index in [2.05, 4.69) is 0 Å². The number of likely N-dealkylation sites (tertiary alicyclic amines) is 1. The lowest BCUT2D eigenvalue weighted by Gasteiger charge is -2.39. The Morgan fingerprint density at radius 1 is 1.03 bits per heavy atom. The number of piperidine rings is 1. The fourth-order valence-corrected chi connectivity index (χ4v) is 6.12. The predicted molar refractivity (Wildman–Crippen MR) is 134 cm³/mol. The van der Waals surface area contributed by atoms with Crippen LogP contribution in [0.15, 0.2) is 47.4 Å². The van der Waals surface area contributed by atoms with Gasteiger partial charge < -0.3 is 19.1 Å². The Morgan fingerprint density at radius 2 is 1.64 bits per heavy atom. The first-order valence-corrected chi connectivity index (χ1v) is 12.7. The Morgan fingerprint density at radius 3 is 2.19 bits per heavy atom. The van der Waals surface area contributed by atoms with Crippen molar-refractivity contribution in [3.63, 3.8) is 0 Å². The van der Waals surface area contributed by atoms with E-state index >= 15 is 0 Å². The zero-order valence-electron chi connectivity index (χ0n) is 20.2. The first kappa shape index (κ1) is 29.9. The van der Waals surface area contributed by atoms with Crippen molar-refractivity contribution < 1.29 is 37.0 Å².